The zero-order valence-electron chi connectivity index (χ0n) is 13.9. The molecule has 4 atom stereocenters. The Morgan fingerprint density at radius 1 is 1.28 bits per heavy atom. The number of aromatic hydroxyl groups is 1. The van der Waals surface area contributed by atoms with Crippen LogP contribution in [0.15, 0.2) is 24.3 Å². The van der Waals surface area contributed by atoms with Gasteiger partial charge in [-0.3, -0.25) is 19.8 Å². The van der Waals surface area contributed by atoms with E-state index >= 15 is 0 Å². The largest absolute Gasteiger partial charge is 0.508 e. The minimum Gasteiger partial charge on any atom is -0.508 e. The lowest BCUT2D eigenvalue weighted by Crippen LogP contribution is -2.58. The molecule has 8 nitrogen and oxygen atoms in total. The third kappa shape index (κ3) is 2.40. The zero-order chi connectivity index (χ0) is 18.4. The number of phenols is 1. The van der Waals surface area contributed by atoms with Crippen LogP contribution in [0, 0.1) is 11.8 Å². The Kier molecular flexibility index (Phi) is 4.26. The molecule has 0 saturated carbocycles. The number of fused-ring (bicyclic) bond motifs is 1. The Hall–Kier alpha value is -2.45. The molecule has 2 aliphatic heterocycles. The number of aliphatic hydroxyl groups is 1. The molecule has 25 heavy (non-hydrogen) atoms. The van der Waals surface area contributed by atoms with E-state index in [4.69, 9.17) is 4.74 Å². The Bertz CT molecular complexity index is 718. The molecule has 0 radical (unpaired) electrons. The summed E-state index contributed by atoms with van der Waals surface area (Å²) in [6, 6.07) is 5.47. The Labute approximate surface area is 144 Å². The zero-order valence-corrected chi connectivity index (χ0v) is 13.9. The number of benzene rings is 1. The van der Waals surface area contributed by atoms with E-state index in [1.165, 1.54) is 19.2 Å². The quantitative estimate of drug-likeness (QED) is 0.499. The maximum atomic E-state index is 12.6. The molecule has 0 aromatic heterocycles. The summed E-state index contributed by atoms with van der Waals surface area (Å²) in [5.74, 6) is -3.52. The summed E-state index contributed by atoms with van der Waals surface area (Å²) < 4.78 is 5.07. The second-order valence-electron chi connectivity index (χ2n) is 6.30. The Morgan fingerprint density at radius 3 is 2.48 bits per heavy atom. The number of hydrogen-bond donors (Lipinski definition) is 3. The number of carbonyl (C=O) groups excluding carboxylic acids is 3. The summed E-state index contributed by atoms with van der Waals surface area (Å²) in [5.41, 5.74) is -1.05. The Balaban J connectivity index is 2.10. The average Bonchev–Trinajstić information content (AvgIpc) is 3.06. The van der Waals surface area contributed by atoms with E-state index in [2.05, 4.69) is 5.32 Å². The molecule has 1 aromatic rings. The number of hydrogen-bond acceptors (Lipinski definition) is 7. The molecule has 2 aliphatic rings. The molecule has 0 aliphatic carbocycles. The normalized spacial score (nSPS) is 31.3. The molecule has 2 fully saturated rings. The lowest BCUT2D eigenvalue weighted by molar-refractivity contribution is -0.158. The van der Waals surface area contributed by atoms with Gasteiger partial charge in [-0.25, -0.2) is 4.79 Å². The standard InChI is InChI=1S/C17H20N2O6/c1-3-25-16(24)17(8-20)12-11(14(22)19(2)15(12)23)13(18-17)9-4-6-10(21)7-5-9/h4-7,11-13,18,20-21H,3,8H2,1-2H3/t11-,12+,13-,17-/m0/s1. The van der Waals surface area contributed by atoms with Crippen molar-refractivity contribution in [2.45, 2.75) is 18.5 Å². The molecule has 134 valence electrons. The van der Waals surface area contributed by atoms with Crippen LogP contribution in [0.4, 0.5) is 0 Å². The van der Waals surface area contributed by atoms with E-state index in [9.17, 15) is 24.6 Å². The molecular weight excluding hydrogens is 328 g/mol. The van der Waals surface area contributed by atoms with Gasteiger partial charge in [0.2, 0.25) is 11.8 Å². The predicted molar refractivity (Wildman–Crippen MR) is 85.2 cm³/mol. The number of aliphatic hydroxyl groups excluding tert-OH is 1. The van der Waals surface area contributed by atoms with Crippen LogP contribution in [0.3, 0.4) is 0 Å². The molecule has 0 spiro atoms. The first kappa shape index (κ1) is 17.4. The minimum atomic E-state index is -1.68. The van der Waals surface area contributed by atoms with Crippen LogP contribution in [-0.4, -0.2) is 58.7 Å². The summed E-state index contributed by atoms with van der Waals surface area (Å²) >= 11 is 0. The van der Waals surface area contributed by atoms with Crippen LogP contribution in [0.2, 0.25) is 0 Å². The lowest BCUT2D eigenvalue weighted by Gasteiger charge is -2.30. The van der Waals surface area contributed by atoms with Crippen molar-refractivity contribution >= 4 is 17.8 Å². The number of carbonyl (C=O) groups is 3. The molecule has 2 amide bonds. The van der Waals surface area contributed by atoms with E-state index < -0.39 is 47.8 Å². The van der Waals surface area contributed by atoms with E-state index in [1.807, 2.05) is 0 Å². The van der Waals surface area contributed by atoms with Crippen molar-refractivity contribution < 1.29 is 29.3 Å². The second kappa shape index (κ2) is 6.12. The molecule has 2 heterocycles. The summed E-state index contributed by atoms with van der Waals surface area (Å²) in [6.07, 6.45) is 0. The molecule has 3 rings (SSSR count). The minimum absolute atomic E-state index is 0.0584. The lowest BCUT2D eigenvalue weighted by atomic mass is 9.79. The first-order valence-corrected chi connectivity index (χ1v) is 8.03. The van der Waals surface area contributed by atoms with Gasteiger partial charge in [-0.2, -0.15) is 0 Å². The topological polar surface area (TPSA) is 116 Å². The van der Waals surface area contributed by atoms with E-state index in [0.29, 0.717) is 5.56 Å². The molecule has 8 heteroatoms. The number of imide groups is 1. The average molecular weight is 348 g/mol. The number of phenolic OH excluding ortho intramolecular Hbond substituents is 1. The first-order chi connectivity index (χ1) is 11.9. The molecule has 2 saturated heterocycles. The fourth-order valence-electron chi connectivity index (χ4n) is 3.77. The van der Waals surface area contributed by atoms with Gasteiger partial charge in [-0.15, -0.1) is 0 Å². The van der Waals surface area contributed by atoms with Gasteiger partial charge in [-0.05, 0) is 24.6 Å². The van der Waals surface area contributed by atoms with Crippen molar-refractivity contribution in [3.8, 4) is 5.75 Å². The number of ether oxygens (including phenoxy) is 1. The van der Waals surface area contributed by atoms with Gasteiger partial charge >= 0.3 is 5.97 Å². The molecule has 0 unspecified atom stereocenters. The van der Waals surface area contributed by atoms with Crippen molar-refractivity contribution in [3.05, 3.63) is 29.8 Å². The molecule has 1 aromatic carbocycles. The van der Waals surface area contributed by atoms with Crippen LogP contribution in [0.5, 0.6) is 5.75 Å². The monoisotopic (exact) mass is 348 g/mol. The van der Waals surface area contributed by atoms with E-state index in [1.54, 1.807) is 19.1 Å². The molecule has 3 N–H and O–H groups in total. The highest BCUT2D eigenvalue weighted by Gasteiger charge is 2.68. The van der Waals surface area contributed by atoms with Gasteiger partial charge in [0.15, 0.2) is 5.54 Å². The van der Waals surface area contributed by atoms with E-state index in [-0.39, 0.29) is 12.4 Å². The maximum Gasteiger partial charge on any atom is 0.329 e. The summed E-state index contributed by atoms with van der Waals surface area (Å²) in [4.78, 5) is 38.8. The molecular formula is C17H20N2O6. The van der Waals surface area contributed by atoms with Crippen molar-refractivity contribution in [3.63, 3.8) is 0 Å². The van der Waals surface area contributed by atoms with Crippen molar-refractivity contribution in [2.24, 2.45) is 11.8 Å². The number of esters is 1. The van der Waals surface area contributed by atoms with Crippen LogP contribution < -0.4 is 5.32 Å². The van der Waals surface area contributed by atoms with Crippen molar-refractivity contribution in [1.29, 1.82) is 0 Å². The highest BCUT2D eigenvalue weighted by Crippen LogP contribution is 2.48. The van der Waals surface area contributed by atoms with Gasteiger partial charge in [0, 0.05) is 13.1 Å². The fourth-order valence-corrected chi connectivity index (χ4v) is 3.77. The van der Waals surface area contributed by atoms with Gasteiger partial charge in [0.05, 0.1) is 25.0 Å². The van der Waals surface area contributed by atoms with Crippen molar-refractivity contribution in [2.75, 3.05) is 20.3 Å². The van der Waals surface area contributed by atoms with Gasteiger partial charge in [-0.1, -0.05) is 12.1 Å². The molecule has 0 bridgehead atoms. The predicted octanol–water partition coefficient (Wildman–Crippen LogP) is -0.438. The fraction of sp³-hybridized carbons (Fsp3) is 0.471. The second-order valence-corrected chi connectivity index (χ2v) is 6.30. The van der Waals surface area contributed by atoms with Crippen LogP contribution in [0.1, 0.15) is 18.5 Å². The van der Waals surface area contributed by atoms with Crippen LogP contribution in [-0.2, 0) is 19.1 Å². The first-order valence-electron chi connectivity index (χ1n) is 8.03. The number of rotatable bonds is 4. The van der Waals surface area contributed by atoms with Crippen LogP contribution >= 0.6 is 0 Å². The maximum absolute atomic E-state index is 12.6. The van der Waals surface area contributed by atoms with Crippen LogP contribution in [0.25, 0.3) is 0 Å². The van der Waals surface area contributed by atoms with E-state index in [0.717, 1.165) is 4.90 Å². The highest BCUT2D eigenvalue weighted by molar-refractivity contribution is 6.09. The van der Waals surface area contributed by atoms with Gasteiger partial charge in [0.1, 0.15) is 5.75 Å². The summed E-state index contributed by atoms with van der Waals surface area (Å²) in [7, 11) is 1.37. The number of nitrogens with one attached hydrogen (secondary N) is 1. The highest BCUT2D eigenvalue weighted by atomic mass is 16.5. The number of likely N-dealkylation sites (tertiary alicyclic amines) is 1. The smallest absolute Gasteiger partial charge is 0.329 e. The number of amides is 2. The summed E-state index contributed by atoms with van der Waals surface area (Å²) in [5, 5.41) is 22.4. The van der Waals surface area contributed by atoms with Gasteiger partial charge in [0.25, 0.3) is 0 Å². The summed E-state index contributed by atoms with van der Waals surface area (Å²) in [6.45, 7) is 1.04. The van der Waals surface area contributed by atoms with Gasteiger partial charge < -0.3 is 14.9 Å². The van der Waals surface area contributed by atoms with Crippen molar-refractivity contribution in [1.82, 2.24) is 10.2 Å². The third-order valence-electron chi connectivity index (χ3n) is 5.02. The SMILES string of the molecule is CCOC(=O)[C@@]1(CO)N[C@@H](c2ccc(O)cc2)[C@H]2C(=O)N(C)C(=O)[C@@H]21. The number of nitrogens with zero attached hydrogens (tertiary/aromatic N) is 1. The third-order valence-corrected chi connectivity index (χ3v) is 5.02. The Morgan fingerprint density at radius 2 is 1.92 bits per heavy atom.